The normalized spacial score (nSPS) is 14.0. The van der Waals surface area contributed by atoms with Gasteiger partial charge in [-0.25, -0.2) is 9.97 Å². The van der Waals surface area contributed by atoms with E-state index in [4.69, 9.17) is 11.6 Å². The van der Waals surface area contributed by atoms with Crippen LogP contribution in [-0.4, -0.2) is 15.8 Å². The second kappa shape index (κ2) is 5.82. The first-order valence-electron chi connectivity index (χ1n) is 7.01. The molecule has 0 aliphatic heterocycles. The summed E-state index contributed by atoms with van der Waals surface area (Å²) in [5.41, 5.74) is 2.55. The zero-order valence-electron chi connectivity index (χ0n) is 11.8. The Labute approximate surface area is 128 Å². The summed E-state index contributed by atoms with van der Waals surface area (Å²) in [7, 11) is 0. The Morgan fingerprint density at radius 3 is 2.71 bits per heavy atom. The van der Waals surface area contributed by atoms with E-state index in [1.165, 1.54) is 12.8 Å². The molecular formula is C16H16ClN3O. The molecule has 0 saturated heterocycles. The van der Waals surface area contributed by atoms with Gasteiger partial charge in [-0.2, -0.15) is 0 Å². The van der Waals surface area contributed by atoms with Gasteiger partial charge >= 0.3 is 0 Å². The molecule has 1 N–H and O–H groups in total. The largest absolute Gasteiger partial charge is 0.340 e. The lowest BCUT2D eigenvalue weighted by molar-refractivity contribution is 0.0976. The third kappa shape index (κ3) is 3.58. The van der Waals surface area contributed by atoms with Crippen molar-refractivity contribution in [3.63, 3.8) is 0 Å². The molecule has 1 fully saturated rings. The second-order valence-electron chi connectivity index (χ2n) is 5.44. The molecule has 0 radical (unpaired) electrons. The van der Waals surface area contributed by atoms with Crippen LogP contribution in [0.2, 0.25) is 5.28 Å². The first-order chi connectivity index (χ1) is 10.1. The van der Waals surface area contributed by atoms with Gasteiger partial charge in [0.25, 0.3) is 0 Å². The zero-order valence-corrected chi connectivity index (χ0v) is 12.5. The van der Waals surface area contributed by atoms with Crippen LogP contribution in [0.5, 0.6) is 0 Å². The van der Waals surface area contributed by atoms with Crippen LogP contribution in [0.15, 0.2) is 30.5 Å². The van der Waals surface area contributed by atoms with E-state index in [1.54, 1.807) is 6.20 Å². The number of halogens is 1. The number of aromatic nitrogens is 2. The van der Waals surface area contributed by atoms with Crippen LogP contribution in [0.1, 0.15) is 35.2 Å². The summed E-state index contributed by atoms with van der Waals surface area (Å²) in [6.07, 6.45) is 4.73. The number of benzene rings is 1. The van der Waals surface area contributed by atoms with E-state index in [0.29, 0.717) is 18.2 Å². The number of rotatable bonds is 5. The molecular weight excluding hydrogens is 286 g/mol. The van der Waals surface area contributed by atoms with Crippen molar-refractivity contribution >= 4 is 28.9 Å². The highest BCUT2D eigenvalue weighted by Crippen LogP contribution is 2.33. The lowest BCUT2D eigenvalue weighted by atomic mass is 10.1. The maximum Gasteiger partial charge on any atom is 0.224 e. The lowest BCUT2D eigenvalue weighted by Crippen LogP contribution is -2.01. The number of aryl methyl sites for hydroxylation is 1. The molecule has 1 heterocycles. The van der Waals surface area contributed by atoms with Gasteiger partial charge in [-0.05, 0) is 61.5 Å². The minimum absolute atomic E-state index is 0.208. The van der Waals surface area contributed by atoms with Crippen molar-refractivity contribution in [1.29, 1.82) is 0 Å². The molecule has 5 heteroatoms. The van der Waals surface area contributed by atoms with E-state index in [2.05, 4.69) is 15.3 Å². The van der Waals surface area contributed by atoms with E-state index in [-0.39, 0.29) is 11.1 Å². The van der Waals surface area contributed by atoms with Crippen LogP contribution in [0.25, 0.3) is 0 Å². The number of Topliss-reactive ketones (excluding diaryl/α,β-unsaturated/α-hetero) is 1. The molecule has 1 aromatic heterocycles. The minimum atomic E-state index is 0.208. The Morgan fingerprint density at radius 1 is 1.33 bits per heavy atom. The van der Waals surface area contributed by atoms with Crippen molar-refractivity contribution in [2.75, 3.05) is 5.32 Å². The number of ketones is 1. The highest BCUT2D eigenvalue weighted by Gasteiger charge is 2.24. The fraction of sp³-hybridized carbons (Fsp3) is 0.312. The number of hydrogen-bond acceptors (Lipinski definition) is 4. The van der Waals surface area contributed by atoms with E-state index >= 15 is 0 Å². The summed E-state index contributed by atoms with van der Waals surface area (Å²) in [6.45, 7) is 1.91. The van der Waals surface area contributed by atoms with E-state index < -0.39 is 0 Å². The van der Waals surface area contributed by atoms with Gasteiger partial charge in [0, 0.05) is 29.4 Å². The van der Waals surface area contributed by atoms with Gasteiger partial charge in [-0.1, -0.05) is 0 Å². The van der Waals surface area contributed by atoms with Crippen LogP contribution in [0.3, 0.4) is 0 Å². The summed E-state index contributed by atoms with van der Waals surface area (Å²) in [4.78, 5) is 20.1. The van der Waals surface area contributed by atoms with Crippen LogP contribution < -0.4 is 5.32 Å². The van der Waals surface area contributed by atoms with Crippen LogP contribution >= 0.6 is 11.6 Å². The molecule has 0 bridgehead atoms. The monoisotopic (exact) mass is 301 g/mol. The molecule has 1 aliphatic rings. The Morgan fingerprint density at radius 2 is 2.05 bits per heavy atom. The van der Waals surface area contributed by atoms with Gasteiger partial charge in [0.2, 0.25) is 5.28 Å². The molecule has 0 atom stereocenters. The van der Waals surface area contributed by atoms with Crippen LogP contribution in [-0.2, 0) is 0 Å². The smallest absolute Gasteiger partial charge is 0.224 e. The molecule has 4 nitrogen and oxygen atoms in total. The van der Waals surface area contributed by atoms with E-state index in [0.717, 1.165) is 16.8 Å². The number of nitrogens with one attached hydrogen (secondary N) is 1. The molecule has 0 spiro atoms. The lowest BCUT2D eigenvalue weighted by Gasteiger charge is -2.09. The fourth-order valence-electron chi connectivity index (χ4n) is 2.13. The number of carbonyl (C=O) groups is 1. The summed E-state index contributed by atoms with van der Waals surface area (Å²) in [5, 5.41) is 3.39. The molecule has 1 aliphatic carbocycles. The number of hydrogen-bond donors (Lipinski definition) is 1. The molecule has 0 unspecified atom stereocenters. The number of carbonyl (C=O) groups excluding carboxylic acids is 1. The highest BCUT2D eigenvalue weighted by molar-refractivity contribution is 6.28. The van der Waals surface area contributed by atoms with Crippen molar-refractivity contribution in [3.8, 4) is 0 Å². The predicted octanol–water partition coefficient (Wildman–Crippen LogP) is 4.16. The Hall–Kier alpha value is -1.94. The van der Waals surface area contributed by atoms with E-state index in [1.807, 2.05) is 31.2 Å². The quantitative estimate of drug-likeness (QED) is 0.665. The summed E-state index contributed by atoms with van der Waals surface area (Å²) in [5.74, 6) is 1.51. The molecule has 108 valence electrons. The fourth-order valence-corrected chi connectivity index (χ4v) is 2.26. The Kier molecular flexibility index (Phi) is 3.88. The SMILES string of the molecule is Cc1cnc(Cl)nc1Nc1ccc(C(=O)CC2CC2)cc1. The number of nitrogens with zero attached hydrogens (tertiary/aromatic N) is 2. The zero-order chi connectivity index (χ0) is 14.8. The van der Waals surface area contributed by atoms with E-state index in [9.17, 15) is 4.79 Å². The Bertz CT molecular complexity index is 666. The van der Waals surface area contributed by atoms with Crippen molar-refractivity contribution in [1.82, 2.24) is 9.97 Å². The first-order valence-corrected chi connectivity index (χ1v) is 7.39. The number of anilines is 2. The molecule has 0 amide bonds. The summed E-state index contributed by atoms with van der Waals surface area (Å²) >= 11 is 5.80. The van der Waals surface area contributed by atoms with Crippen molar-refractivity contribution in [2.45, 2.75) is 26.2 Å². The minimum Gasteiger partial charge on any atom is -0.340 e. The van der Waals surface area contributed by atoms with Gasteiger partial charge in [0.1, 0.15) is 5.82 Å². The van der Waals surface area contributed by atoms with Crippen LogP contribution in [0, 0.1) is 12.8 Å². The van der Waals surface area contributed by atoms with Gasteiger partial charge in [-0.15, -0.1) is 0 Å². The molecule has 3 rings (SSSR count). The molecule has 1 saturated carbocycles. The van der Waals surface area contributed by atoms with Gasteiger partial charge in [0.15, 0.2) is 5.78 Å². The van der Waals surface area contributed by atoms with Gasteiger partial charge < -0.3 is 5.32 Å². The molecule has 2 aromatic rings. The molecule has 1 aromatic carbocycles. The maximum absolute atomic E-state index is 12.0. The first kappa shape index (κ1) is 14.0. The van der Waals surface area contributed by atoms with Crippen molar-refractivity contribution in [3.05, 3.63) is 46.9 Å². The van der Waals surface area contributed by atoms with Crippen molar-refractivity contribution in [2.24, 2.45) is 5.92 Å². The average molecular weight is 302 g/mol. The summed E-state index contributed by atoms with van der Waals surface area (Å²) < 4.78 is 0. The third-order valence-electron chi connectivity index (χ3n) is 3.58. The van der Waals surface area contributed by atoms with Crippen LogP contribution in [0.4, 0.5) is 11.5 Å². The average Bonchev–Trinajstić information content (AvgIpc) is 3.27. The standard InChI is InChI=1S/C16H16ClN3O/c1-10-9-18-16(17)20-15(10)19-13-6-4-12(5-7-13)14(21)8-11-2-3-11/h4-7,9,11H,2-3,8H2,1H3,(H,18,19,20). The summed E-state index contributed by atoms with van der Waals surface area (Å²) in [6, 6.07) is 7.47. The maximum atomic E-state index is 12.0. The second-order valence-corrected chi connectivity index (χ2v) is 5.78. The topological polar surface area (TPSA) is 54.9 Å². The highest BCUT2D eigenvalue weighted by atomic mass is 35.5. The van der Waals surface area contributed by atoms with Crippen molar-refractivity contribution < 1.29 is 4.79 Å². The van der Waals surface area contributed by atoms with Gasteiger partial charge in [0.05, 0.1) is 0 Å². The Balaban J connectivity index is 1.71. The molecule has 21 heavy (non-hydrogen) atoms. The van der Waals surface area contributed by atoms with Gasteiger partial charge in [-0.3, -0.25) is 4.79 Å². The third-order valence-corrected chi connectivity index (χ3v) is 3.77. The predicted molar refractivity (Wildman–Crippen MR) is 83.2 cm³/mol.